The van der Waals surface area contributed by atoms with E-state index >= 15 is 0 Å². The Morgan fingerprint density at radius 3 is 2.30 bits per heavy atom. The predicted octanol–water partition coefficient (Wildman–Crippen LogP) is 3.04. The molecule has 3 heteroatoms. The second kappa shape index (κ2) is 6.33. The molecule has 0 aliphatic carbocycles. The summed E-state index contributed by atoms with van der Waals surface area (Å²) in [4.78, 5) is 12.2. The largest absolute Gasteiger partial charge is 0.320 e. The van der Waals surface area contributed by atoms with Crippen molar-refractivity contribution < 1.29 is 9.36 Å². The van der Waals surface area contributed by atoms with Crippen LogP contribution in [-0.2, 0) is 11.2 Å². The Morgan fingerprint density at radius 2 is 1.75 bits per heavy atom. The van der Waals surface area contributed by atoms with E-state index in [1.807, 2.05) is 67.2 Å². The van der Waals surface area contributed by atoms with Crippen LogP contribution in [0.4, 0.5) is 5.69 Å². The van der Waals surface area contributed by atoms with Gasteiger partial charge in [-0.2, -0.15) is 4.57 Å². The van der Waals surface area contributed by atoms with Crippen molar-refractivity contribution in [1.29, 1.82) is 0 Å². The van der Waals surface area contributed by atoms with Gasteiger partial charge in [-0.05, 0) is 36.6 Å². The minimum absolute atomic E-state index is 0.0110. The van der Waals surface area contributed by atoms with Crippen LogP contribution in [-0.4, -0.2) is 5.91 Å². The summed E-state index contributed by atoms with van der Waals surface area (Å²) in [6, 6.07) is 11.7. The molecule has 0 aliphatic heterocycles. The maximum atomic E-state index is 12.2. The van der Waals surface area contributed by atoms with Crippen molar-refractivity contribution in [1.82, 2.24) is 0 Å². The van der Waals surface area contributed by atoms with Gasteiger partial charge in [-0.25, -0.2) is 0 Å². The number of carbonyl (C=O) groups excluding carboxylic acids is 1. The highest BCUT2D eigenvalue weighted by atomic mass is 16.2. The van der Waals surface area contributed by atoms with Crippen molar-refractivity contribution in [2.24, 2.45) is 0 Å². The summed E-state index contributed by atoms with van der Waals surface area (Å²) in [7, 11) is 0. The molecule has 1 aromatic carbocycles. The first-order chi connectivity index (χ1) is 9.60. The number of hydrogen-bond donors (Lipinski definition) is 1. The fourth-order valence-electron chi connectivity index (χ4n) is 1.98. The number of aryl methyl sites for hydroxylation is 2. The Morgan fingerprint density at radius 1 is 1.15 bits per heavy atom. The second-order valence-corrected chi connectivity index (χ2v) is 5.04. The molecule has 1 amide bonds. The molecule has 0 unspecified atom stereocenters. The first-order valence-electron chi connectivity index (χ1n) is 6.97. The summed E-state index contributed by atoms with van der Waals surface area (Å²) in [5.74, 6) is -0.0110. The molecule has 0 aliphatic rings. The van der Waals surface area contributed by atoms with Crippen molar-refractivity contribution in [3.05, 3.63) is 59.9 Å². The molecule has 0 saturated heterocycles. The van der Waals surface area contributed by atoms with E-state index in [1.165, 1.54) is 11.1 Å². The maximum absolute atomic E-state index is 12.2. The van der Waals surface area contributed by atoms with Crippen LogP contribution in [0.15, 0.2) is 48.8 Å². The van der Waals surface area contributed by atoms with Crippen molar-refractivity contribution in [3.63, 3.8) is 0 Å². The van der Waals surface area contributed by atoms with Gasteiger partial charge in [0.05, 0.1) is 0 Å². The van der Waals surface area contributed by atoms with Crippen LogP contribution < -0.4 is 9.88 Å². The molecule has 1 N–H and O–H groups in total. The van der Waals surface area contributed by atoms with Crippen molar-refractivity contribution in [2.75, 3.05) is 5.32 Å². The monoisotopic (exact) mass is 269 g/mol. The third-order valence-electron chi connectivity index (χ3n) is 3.48. The highest BCUT2D eigenvalue weighted by Crippen LogP contribution is 2.11. The van der Waals surface area contributed by atoms with Crippen LogP contribution in [0.2, 0.25) is 0 Å². The molecule has 0 radical (unpaired) electrons. The highest BCUT2D eigenvalue weighted by molar-refractivity contribution is 5.92. The molecule has 1 heterocycles. The molecule has 104 valence electrons. The molecule has 20 heavy (non-hydrogen) atoms. The SMILES string of the molecule is CCc1ccc(NC(=O)[C@@H](C)[n+]2ccc(C)cc2)cc1. The van der Waals surface area contributed by atoms with Gasteiger partial charge in [0.2, 0.25) is 6.04 Å². The van der Waals surface area contributed by atoms with E-state index in [0.717, 1.165) is 12.1 Å². The molecule has 0 fully saturated rings. The van der Waals surface area contributed by atoms with Gasteiger partial charge in [0.15, 0.2) is 12.4 Å². The molecular weight excluding hydrogens is 248 g/mol. The van der Waals surface area contributed by atoms with E-state index in [2.05, 4.69) is 12.2 Å². The van der Waals surface area contributed by atoms with E-state index in [9.17, 15) is 4.79 Å². The minimum Gasteiger partial charge on any atom is -0.320 e. The Labute approximate surface area is 120 Å². The summed E-state index contributed by atoms with van der Waals surface area (Å²) in [6.45, 7) is 6.04. The third kappa shape index (κ3) is 3.44. The third-order valence-corrected chi connectivity index (χ3v) is 3.48. The molecule has 2 rings (SSSR count). The standard InChI is InChI=1S/C17H20N2O/c1-4-15-5-7-16(8-6-15)18-17(20)14(3)19-11-9-13(2)10-12-19/h5-12,14H,4H2,1-3H3/p+1/t14-/m1/s1. The molecule has 3 nitrogen and oxygen atoms in total. The lowest BCUT2D eigenvalue weighted by Crippen LogP contribution is -2.43. The van der Waals surface area contributed by atoms with E-state index < -0.39 is 0 Å². The topological polar surface area (TPSA) is 33.0 Å². The van der Waals surface area contributed by atoms with Gasteiger partial charge in [0.25, 0.3) is 5.91 Å². The van der Waals surface area contributed by atoms with Gasteiger partial charge >= 0.3 is 0 Å². The number of nitrogens with zero attached hydrogens (tertiary/aromatic N) is 1. The minimum atomic E-state index is -0.235. The number of carbonyl (C=O) groups is 1. The summed E-state index contributed by atoms with van der Waals surface area (Å²) in [5.41, 5.74) is 3.29. The van der Waals surface area contributed by atoms with E-state index in [1.54, 1.807) is 0 Å². The Kier molecular flexibility index (Phi) is 4.51. The molecule has 0 saturated carbocycles. The lowest BCUT2D eigenvalue weighted by Gasteiger charge is -2.09. The van der Waals surface area contributed by atoms with E-state index in [4.69, 9.17) is 0 Å². The van der Waals surface area contributed by atoms with Crippen LogP contribution in [0.3, 0.4) is 0 Å². The fourth-order valence-corrected chi connectivity index (χ4v) is 1.98. The van der Waals surface area contributed by atoms with E-state index in [-0.39, 0.29) is 11.9 Å². The van der Waals surface area contributed by atoms with Crippen LogP contribution in [0.25, 0.3) is 0 Å². The van der Waals surface area contributed by atoms with E-state index in [0.29, 0.717) is 0 Å². The summed E-state index contributed by atoms with van der Waals surface area (Å²) in [5, 5.41) is 2.95. The Bertz CT molecular complexity index is 573. The Balaban J connectivity index is 2.05. The summed E-state index contributed by atoms with van der Waals surface area (Å²) in [6.07, 6.45) is 4.86. The van der Waals surface area contributed by atoms with Crippen molar-refractivity contribution in [2.45, 2.75) is 33.2 Å². The number of benzene rings is 1. The zero-order chi connectivity index (χ0) is 14.5. The predicted molar refractivity (Wildman–Crippen MR) is 80.5 cm³/mol. The zero-order valence-corrected chi connectivity index (χ0v) is 12.3. The fraction of sp³-hybridized carbons (Fsp3) is 0.294. The van der Waals surface area contributed by atoms with Crippen LogP contribution >= 0.6 is 0 Å². The lowest BCUT2D eigenvalue weighted by molar-refractivity contribution is -0.705. The van der Waals surface area contributed by atoms with Crippen molar-refractivity contribution in [3.8, 4) is 0 Å². The van der Waals surface area contributed by atoms with Crippen molar-refractivity contribution >= 4 is 11.6 Å². The van der Waals surface area contributed by atoms with Gasteiger partial charge in [0, 0.05) is 24.7 Å². The maximum Gasteiger partial charge on any atom is 0.293 e. The Hall–Kier alpha value is -2.16. The van der Waals surface area contributed by atoms with Crippen LogP contribution in [0.5, 0.6) is 0 Å². The number of nitrogens with one attached hydrogen (secondary N) is 1. The zero-order valence-electron chi connectivity index (χ0n) is 12.3. The van der Waals surface area contributed by atoms with Gasteiger partial charge in [0.1, 0.15) is 0 Å². The highest BCUT2D eigenvalue weighted by Gasteiger charge is 2.21. The molecule has 0 spiro atoms. The summed E-state index contributed by atoms with van der Waals surface area (Å²) >= 11 is 0. The van der Waals surface area contributed by atoms with Gasteiger partial charge in [-0.1, -0.05) is 19.1 Å². The van der Waals surface area contributed by atoms with Crippen LogP contribution in [0.1, 0.15) is 31.0 Å². The molecule has 0 bridgehead atoms. The number of pyridine rings is 1. The molecule has 1 aromatic heterocycles. The number of anilines is 1. The lowest BCUT2D eigenvalue weighted by atomic mass is 10.1. The quantitative estimate of drug-likeness (QED) is 0.850. The second-order valence-electron chi connectivity index (χ2n) is 5.04. The number of rotatable bonds is 4. The normalized spacial score (nSPS) is 11.9. The number of hydrogen-bond acceptors (Lipinski definition) is 1. The average Bonchev–Trinajstić information content (AvgIpc) is 2.48. The van der Waals surface area contributed by atoms with Gasteiger partial charge in [-0.3, -0.25) is 4.79 Å². The smallest absolute Gasteiger partial charge is 0.293 e. The molecule has 2 aromatic rings. The molecule has 1 atom stereocenters. The first kappa shape index (κ1) is 14.3. The molecular formula is C17H21N2O+. The van der Waals surface area contributed by atoms with Gasteiger partial charge < -0.3 is 5.32 Å². The average molecular weight is 269 g/mol. The summed E-state index contributed by atoms with van der Waals surface area (Å²) < 4.78 is 1.91. The van der Waals surface area contributed by atoms with Crippen LogP contribution in [0, 0.1) is 6.92 Å². The van der Waals surface area contributed by atoms with Gasteiger partial charge in [-0.15, -0.1) is 0 Å². The number of aromatic nitrogens is 1. The number of amides is 1. The first-order valence-corrected chi connectivity index (χ1v) is 6.97.